The molecule has 1 atom stereocenters. The number of hydrogen-bond acceptors (Lipinski definition) is 3. The number of hydrogen-bond donors (Lipinski definition) is 0. The molecule has 1 heterocycles. The Balaban J connectivity index is 2.42. The molecule has 0 radical (unpaired) electrons. The summed E-state index contributed by atoms with van der Waals surface area (Å²) in [5.41, 5.74) is 0.278. The molecule has 0 aliphatic carbocycles. The zero-order valence-corrected chi connectivity index (χ0v) is 11.1. The largest absolute Gasteiger partial charge is 0.306 e. The molecule has 1 fully saturated rings. The summed E-state index contributed by atoms with van der Waals surface area (Å²) >= 11 is 3.19. The van der Waals surface area contributed by atoms with Crippen molar-refractivity contribution in [3.05, 3.63) is 45.4 Å². The van der Waals surface area contributed by atoms with Crippen molar-refractivity contribution in [2.45, 2.75) is 6.42 Å². The minimum absolute atomic E-state index is 0.0563. The van der Waals surface area contributed by atoms with Gasteiger partial charge in [0.15, 0.2) is 0 Å². The summed E-state index contributed by atoms with van der Waals surface area (Å²) < 4.78 is 0.616. The number of halogens is 1. The lowest BCUT2D eigenvalue weighted by Crippen LogP contribution is -2.25. The van der Waals surface area contributed by atoms with Gasteiger partial charge in [-0.3, -0.25) is 14.9 Å². The van der Waals surface area contributed by atoms with Crippen LogP contribution in [0.3, 0.4) is 0 Å². The van der Waals surface area contributed by atoms with Crippen molar-refractivity contribution in [2.75, 3.05) is 11.4 Å². The van der Waals surface area contributed by atoms with Gasteiger partial charge in [0.25, 0.3) is 5.69 Å². The summed E-state index contributed by atoms with van der Waals surface area (Å²) in [5, 5.41) is 11.0. The number of benzene rings is 1. The van der Waals surface area contributed by atoms with Crippen LogP contribution in [0.4, 0.5) is 11.4 Å². The molecule has 1 unspecified atom stereocenters. The number of nitrogens with zero attached hydrogens (tertiary/aromatic N) is 2. The molecule has 1 aromatic carbocycles. The van der Waals surface area contributed by atoms with Crippen LogP contribution in [0.1, 0.15) is 6.42 Å². The molecule has 18 heavy (non-hydrogen) atoms. The fourth-order valence-corrected chi connectivity index (χ4v) is 2.35. The van der Waals surface area contributed by atoms with Gasteiger partial charge in [-0.2, -0.15) is 0 Å². The molecule has 0 spiro atoms. The van der Waals surface area contributed by atoms with Crippen molar-refractivity contribution in [1.82, 2.24) is 0 Å². The highest BCUT2D eigenvalue weighted by molar-refractivity contribution is 9.10. The molecule has 0 aromatic heterocycles. The molecular weight excluding hydrogens is 300 g/mol. The molecular formula is C12H11BrN2O3. The first-order valence-electron chi connectivity index (χ1n) is 5.39. The Morgan fingerprint density at radius 2 is 2.28 bits per heavy atom. The molecule has 1 aliphatic rings. The van der Waals surface area contributed by atoms with E-state index < -0.39 is 4.92 Å². The van der Waals surface area contributed by atoms with E-state index in [2.05, 4.69) is 22.5 Å². The third-order valence-corrected chi connectivity index (χ3v) is 3.41. The van der Waals surface area contributed by atoms with E-state index in [-0.39, 0.29) is 17.5 Å². The first kappa shape index (κ1) is 12.8. The van der Waals surface area contributed by atoms with E-state index in [4.69, 9.17) is 0 Å². The summed E-state index contributed by atoms with van der Waals surface area (Å²) in [4.78, 5) is 23.8. The van der Waals surface area contributed by atoms with Crippen molar-refractivity contribution in [3.8, 4) is 0 Å². The first-order chi connectivity index (χ1) is 8.52. The van der Waals surface area contributed by atoms with Gasteiger partial charge in [-0.05, 0) is 12.1 Å². The maximum absolute atomic E-state index is 11.8. The number of carbonyl (C=O) groups is 1. The van der Waals surface area contributed by atoms with Gasteiger partial charge in [-0.15, -0.1) is 6.58 Å². The van der Waals surface area contributed by atoms with E-state index in [0.29, 0.717) is 23.1 Å². The number of anilines is 1. The number of amides is 1. The highest BCUT2D eigenvalue weighted by Crippen LogP contribution is 2.34. The van der Waals surface area contributed by atoms with Gasteiger partial charge >= 0.3 is 0 Å². The van der Waals surface area contributed by atoms with E-state index in [1.165, 1.54) is 11.0 Å². The number of carbonyl (C=O) groups excluding carboxylic acids is 1. The Morgan fingerprint density at radius 1 is 1.56 bits per heavy atom. The number of nitro groups is 1. The SMILES string of the molecule is C=CC1CC(=O)N(c2ccc(Br)cc2[N+](=O)[O-])C1. The fraction of sp³-hybridized carbons (Fsp3) is 0.250. The van der Waals surface area contributed by atoms with E-state index in [9.17, 15) is 14.9 Å². The molecule has 0 N–H and O–H groups in total. The van der Waals surface area contributed by atoms with Crippen molar-refractivity contribution >= 4 is 33.2 Å². The molecule has 1 amide bonds. The van der Waals surface area contributed by atoms with Crippen molar-refractivity contribution in [1.29, 1.82) is 0 Å². The van der Waals surface area contributed by atoms with Crippen LogP contribution in [-0.2, 0) is 4.79 Å². The second kappa shape index (κ2) is 4.89. The van der Waals surface area contributed by atoms with Crippen LogP contribution in [0.25, 0.3) is 0 Å². The van der Waals surface area contributed by atoms with E-state index in [1.807, 2.05) is 0 Å². The minimum atomic E-state index is -0.478. The summed E-state index contributed by atoms with van der Waals surface area (Å²) in [6.45, 7) is 4.11. The topological polar surface area (TPSA) is 63.5 Å². The van der Waals surface area contributed by atoms with E-state index >= 15 is 0 Å². The van der Waals surface area contributed by atoms with Gasteiger partial charge in [0.05, 0.1) is 4.92 Å². The van der Waals surface area contributed by atoms with Gasteiger partial charge in [0, 0.05) is 29.4 Å². The molecule has 0 saturated carbocycles. The Kier molecular flexibility index (Phi) is 3.47. The van der Waals surface area contributed by atoms with E-state index in [0.717, 1.165) is 0 Å². The lowest BCUT2D eigenvalue weighted by atomic mass is 10.1. The Bertz CT molecular complexity index is 530. The Hall–Kier alpha value is -1.69. The first-order valence-corrected chi connectivity index (χ1v) is 6.19. The predicted octanol–water partition coefficient (Wildman–Crippen LogP) is 2.90. The van der Waals surface area contributed by atoms with Gasteiger partial charge in [0.2, 0.25) is 5.91 Å². The standard InChI is InChI=1S/C12H11BrN2O3/c1-2-8-5-12(16)14(7-8)10-4-3-9(13)6-11(10)15(17)18/h2-4,6,8H,1,5,7H2. The van der Waals surface area contributed by atoms with Gasteiger partial charge < -0.3 is 4.90 Å². The van der Waals surface area contributed by atoms with Crippen LogP contribution in [-0.4, -0.2) is 17.4 Å². The van der Waals surface area contributed by atoms with Crippen LogP contribution < -0.4 is 4.90 Å². The average Bonchev–Trinajstić information content (AvgIpc) is 2.70. The van der Waals surface area contributed by atoms with Gasteiger partial charge in [-0.1, -0.05) is 22.0 Å². The zero-order valence-electron chi connectivity index (χ0n) is 9.51. The monoisotopic (exact) mass is 310 g/mol. The second-order valence-corrected chi connectivity index (χ2v) is 5.01. The summed E-state index contributed by atoms with van der Waals surface area (Å²) in [6.07, 6.45) is 2.07. The predicted molar refractivity (Wildman–Crippen MR) is 71.5 cm³/mol. The highest BCUT2D eigenvalue weighted by atomic mass is 79.9. The molecule has 1 saturated heterocycles. The maximum Gasteiger partial charge on any atom is 0.294 e. The van der Waals surface area contributed by atoms with E-state index in [1.54, 1.807) is 18.2 Å². The Morgan fingerprint density at radius 3 is 2.83 bits per heavy atom. The highest BCUT2D eigenvalue weighted by Gasteiger charge is 2.32. The van der Waals surface area contributed by atoms with Crippen LogP contribution in [0.5, 0.6) is 0 Å². The summed E-state index contributed by atoms with van der Waals surface area (Å²) in [6, 6.07) is 4.69. The summed E-state index contributed by atoms with van der Waals surface area (Å²) in [5.74, 6) is -0.0499. The quantitative estimate of drug-likeness (QED) is 0.490. The maximum atomic E-state index is 11.8. The third-order valence-electron chi connectivity index (χ3n) is 2.91. The molecule has 0 bridgehead atoms. The molecule has 1 aromatic rings. The van der Waals surface area contributed by atoms with Gasteiger partial charge in [0.1, 0.15) is 5.69 Å². The second-order valence-electron chi connectivity index (χ2n) is 4.09. The molecule has 6 heteroatoms. The molecule has 5 nitrogen and oxygen atoms in total. The lowest BCUT2D eigenvalue weighted by Gasteiger charge is -2.16. The normalized spacial score (nSPS) is 19.1. The van der Waals surface area contributed by atoms with Gasteiger partial charge in [-0.25, -0.2) is 0 Å². The lowest BCUT2D eigenvalue weighted by molar-refractivity contribution is -0.384. The van der Waals surface area contributed by atoms with Crippen molar-refractivity contribution in [3.63, 3.8) is 0 Å². The number of nitro benzene ring substituents is 1. The molecule has 2 rings (SSSR count). The van der Waals surface area contributed by atoms with Crippen molar-refractivity contribution in [2.24, 2.45) is 5.92 Å². The summed E-state index contributed by atoms with van der Waals surface area (Å²) in [7, 11) is 0. The third kappa shape index (κ3) is 2.28. The molecule has 94 valence electrons. The van der Waals surface area contributed by atoms with Crippen molar-refractivity contribution < 1.29 is 9.72 Å². The van der Waals surface area contributed by atoms with Crippen LogP contribution in [0.15, 0.2) is 35.3 Å². The van der Waals surface area contributed by atoms with Crippen LogP contribution in [0, 0.1) is 16.0 Å². The molecule has 1 aliphatic heterocycles. The number of rotatable bonds is 3. The smallest absolute Gasteiger partial charge is 0.294 e. The Labute approximate surface area is 112 Å². The minimum Gasteiger partial charge on any atom is -0.306 e. The fourth-order valence-electron chi connectivity index (χ4n) is 2.00. The van der Waals surface area contributed by atoms with Crippen LogP contribution in [0.2, 0.25) is 0 Å². The van der Waals surface area contributed by atoms with Crippen LogP contribution >= 0.6 is 15.9 Å². The average molecular weight is 311 g/mol. The zero-order chi connectivity index (χ0) is 13.3.